The monoisotopic (exact) mass is 236 g/mol. The first-order chi connectivity index (χ1) is 8.04. The molecule has 7 heteroatoms. The zero-order chi connectivity index (χ0) is 12.6. The van der Waals surface area contributed by atoms with Gasteiger partial charge in [0.2, 0.25) is 5.69 Å². The van der Waals surface area contributed by atoms with Crippen molar-refractivity contribution in [3.8, 4) is 0 Å². The van der Waals surface area contributed by atoms with Gasteiger partial charge in [-0.2, -0.15) is 5.10 Å². The van der Waals surface area contributed by atoms with Crippen molar-refractivity contribution in [3.63, 3.8) is 0 Å². The third-order valence-electron chi connectivity index (χ3n) is 2.33. The molecule has 0 aliphatic heterocycles. The van der Waals surface area contributed by atoms with Gasteiger partial charge in [-0.3, -0.25) is 9.48 Å². The van der Waals surface area contributed by atoms with Crippen LogP contribution in [0.15, 0.2) is 4.79 Å². The summed E-state index contributed by atoms with van der Waals surface area (Å²) in [6, 6.07) is 0. The minimum absolute atomic E-state index is 0.198. The van der Waals surface area contributed by atoms with Crippen molar-refractivity contribution in [3.05, 3.63) is 21.7 Å². The number of esters is 1. The van der Waals surface area contributed by atoms with E-state index >= 15 is 0 Å². The summed E-state index contributed by atoms with van der Waals surface area (Å²) in [6.45, 7) is 3.62. The normalized spacial score (nSPS) is 10.8. The van der Waals surface area contributed by atoms with E-state index in [1.807, 2.05) is 0 Å². The Hall–Kier alpha value is -2.18. The van der Waals surface area contributed by atoms with Crippen molar-refractivity contribution in [1.82, 2.24) is 19.7 Å². The second-order valence-corrected chi connectivity index (χ2v) is 3.54. The van der Waals surface area contributed by atoms with Gasteiger partial charge in [-0.05, 0) is 13.8 Å². The molecule has 1 N–H and O–H groups in total. The van der Waals surface area contributed by atoms with Crippen LogP contribution in [0.5, 0.6) is 0 Å². The van der Waals surface area contributed by atoms with Crippen LogP contribution >= 0.6 is 0 Å². The molecule has 0 fully saturated rings. The lowest BCUT2D eigenvalue weighted by molar-refractivity contribution is 0.0517. The Kier molecular flexibility index (Phi) is 2.66. The van der Waals surface area contributed by atoms with E-state index in [0.29, 0.717) is 16.9 Å². The van der Waals surface area contributed by atoms with Gasteiger partial charge in [-0.1, -0.05) is 0 Å². The molecule has 0 unspecified atom stereocenters. The third-order valence-corrected chi connectivity index (χ3v) is 2.33. The Morgan fingerprint density at radius 2 is 2.24 bits per heavy atom. The fraction of sp³-hybridized carbons (Fsp3) is 0.400. The van der Waals surface area contributed by atoms with Crippen molar-refractivity contribution in [2.24, 2.45) is 7.05 Å². The van der Waals surface area contributed by atoms with Gasteiger partial charge >= 0.3 is 5.97 Å². The molecule has 0 saturated carbocycles. The molecule has 0 bridgehead atoms. The van der Waals surface area contributed by atoms with Gasteiger partial charge in [-0.25, -0.2) is 9.78 Å². The maximum atomic E-state index is 11.7. The number of H-pyrrole nitrogens is 1. The number of rotatable bonds is 2. The summed E-state index contributed by atoms with van der Waals surface area (Å²) in [5.74, 6) is -0.723. The van der Waals surface area contributed by atoms with Gasteiger partial charge in [0.25, 0.3) is 5.56 Å². The van der Waals surface area contributed by atoms with Crippen LogP contribution in [0, 0.1) is 6.92 Å². The Morgan fingerprint density at radius 1 is 1.53 bits per heavy atom. The van der Waals surface area contributed by atoms with Gasteiger partial charge in [0.15, 0.2) is 5.65 Å². The number of nitrogens with one attached hydrogen (secondary N) is 1. The van der Waals surface area contributed by atoms with Crippen molar-refractivity contribution in [1.29, 1.82) is 0 Å². The summed E-state index contributed by atoms with van der Waals surface area (Å²) in [4.78, 5) is 29.7. The first-order valence-corrected chi connectivity index (χ1v) is 5.15. The zero-order valence-electron chi connectivity index (χ0n) is 9.77. The van der Waals surface area contributed by atoms with Crippen LogP contribution in [0.2, 0.25) is 0 Å². The fourth-order valence-corrected chi connectivity index (χ4v) is 1.59. The van der Waals surface area contributed by atoms with E-state index in [9.17, 15) is 9.59 Å². The molecular formula is C10H12N4O3. The van der Waals surface area contributed by atoms with E-state index in [1.165, 1.54) is 4.68 Å². The Labute approximate surface area is 96.4 Å². The molecular weight excluding hydrogens is 224 g/mol. The van der Waals surface area contributed by atoms with Gasteiger partial charge in [0, 0.05) is 7.05 Å². The summed E-state index contributed by atoms with van der Waals surface area (Å²) in [6.07, 6.45) is 0. The zero-order valence-corrected chi connectivity index (χ0v) is 9.77. The highest BCUT2D eigenvalue weighted by molar-refractivity contribution is 5.89. The van der Waals surface area contributed by atoms with Crippen LogP contribution in [0.3, 0.4) is 0 Å². The van der Waals surface area contributed by atoms with E-state index in [1.54, 1.807) is 20.9 Å². The van der Waals surface area contributed by atoms with Crippen LogP contribution in [0.1, 0.15) is 23.1 Å². The summed E-state index contributed by atoms with van der Waals surface area (Å²) in [5.41, 5.74) is 0.814. The number of fused-ring (bicyclic) bond motifs is 1. The van der Waals surface area contributed by atoms with E-state index in [2.05, 4.69) is 15.1 Å². The van der Waals surface area contributed by atoms with Crippen LogP contribution < -0.4 is 5.56 Å². The fourth-order valence-electron chi connectivity index (χ4n) is 1.59. The number of aryl methyl sites for hydroxylation is 2. The van der Waals surface area contributed by atoms with Crippen molar-refractivity contribution >= 4 is 17.1 Å². The smallest absolute Gasteiger partial charge is 0.362 e. The number of ether oxygens (including phenoxy) is 1. The SMILES string of the molecule is CCOC(=O)c1nc2c(C)nn(C)c2[nH]c1=O. The number of carbonyl (C=O) groups excluding carboxylic acids is 1. The molecule has 0 aromatic carbocycles. The van der Waals surface area contributed by atoms with Gasteiger partial charge in [0.1, 0.15) is 5.52 Å². The maximum Gasteiger partial charge on any atom is 0.362 e. The quantitative estimate of drug-likeness (QED) is 0.749. The second kappa shape index (κ2) is 4.00. The third kappa shape index (κ3) is 1.79. The number of hydrogen-bond acceptors (Lipinski definition) is 5. The highest BCUT2D eigenvalue weighted by Gasteiger charge is 2.17. The molecule has 0 atom stereocenters. The number of aromatic nitrogens is 4. The van der Waals surface area contributed by atoms with Gasteiger partial charge in [-0.15, -0.1) is 0 Å². The average Bonchev–Trinajstić information content (AvgIpc) is 2.53. The summed E-state index contributed by atoms with van der Waals surface area (Å²) in [5, 5.41) is 4.11. The van der Waals surface area contributed by atoms with Crippen LogP contribution in [0.25, 0.3) is 11.2 Å². The van der Waals surface area contributed by atoms with Crippen molar-refractivity contribution in [2.75, 3.05) is 6.61 Å². The number of hydrogen-bond donors (Lipinski definition) is 1. The van der Waals surface area contributed by atoms with Crippen LogP contribution in [-0.2, 0) is 11.8 Å². The van der Waals surface area contributed by atoms with Crippen LogP contribution in [0.4, 0.5) is 0 Å². The van der Waals surface area contributed by atoms with E-state index in [0.717, 1.165) is 0 Å². The molecule has 0 amide bonds. The Balaban J connectivity index is 2.67. The standard InChI is InChI=1S/C10H12N4O3/c1-4-17-10(16)7-9(15)12-8-6(11-7)5(2)13-14(8)3/h4H2,1-3H3,(H,12,15). The predicted octanol–water partition coefficient (Wildman–Crippen LogP) is 0.142. The second-order valence-electron chi connectivity index (χ2n) is 3.54. The predicted molar refractivity (Wildman–Crippen MR) is 59.8 cm³/mol. The van der Waals surface area contributed by atoms with Crippen molar-refractivity contribution in [2.45, 2.75) is 13.8 Å². The molecule has 0 spiro atoms. The highest BCUT2D eigenvalue weighted by atomic mass is 16.5. The van der Waals surface area contributed by atoms with Crippen LogP contribution in [-0.4, -0.2) is 32.3 Å². The molecule has 0 radical (unpaired) electrons. The molecule has 2 aromatic rings. The average molecular weight is 236 g/mol. The Morgan fingerprint density at radius 3 is 2.88 bits per heavy atom. The molecule has 7 nitrogen and oxygen atoms in total. The molecule has 0 saturated heterocycles. The molecule has 17 heavy (non-hydrogen) atoms. The molecule has 2 rings (SSSR count). The minimum Gasteiger partial charge on any atom is -0.461 e. The highest BCUT2D eigenvalue weighted by Crippen LogP contribution is 2.10. The molecule has 2 heterocycles. The van der Waals surface area contributed by atoms with E-state index in [-0.39, 0.29) is 12.3 Å². The molecule has 90 valence electrons. The largest absolute Gasteiger partial charge is 0.461 e. The topological polar surface area (TPSA) is 89.9 Å². The number of carbonyl (C=O) groups is 1. The number of nitrogens with zero attached hydrogens (tertiary/aromatic N) is 3. The number of aromatic amines is 1. The Bertz CT molecular complexity index is 641. The first kappa shape index (κ1) is 11.3. The maximum absolute atomic E-state index is 11.7. The molecule has 0 aliphatic rings. The molecule has 2 aromatic heterocycles. The van der Waals surface area contributed by atoms with Crippen molar-refractivity contribution < 1.29 is 9.53 Å². The molecule has 0 aliphatic carbocycles. The van der Waals surface area contributed by atoms with Gasteiger partial charge < -0.3 is 9.72 Å². The summed E-state index contributed by atoms with van der Waals surface area (Å²) in [7, 11) is 1.69. The lowest BCUT2D eigenvalue weighted by atomic mass is 10.3. The van der Waals surface area contributed by atoms with Gasteiger partial charge in [0.05, 0.1) is 12.3 Å². The summed E-state index contributed by atoms with van der Waals surface area (Å²) >= 11 is 0. The lowest BCUT2D eigenvalue weighted by Gasteiger charge is -2.00. The van der Waals surface area contributed by atoms with E-state index < -0.39 is 11.5 Å². The van der Waals surface area contributed by atoms with E-state index in [4.69, 9.17) is 4.74 Å². The minimum atomic E-state index is -0.723. The summed E-state index contributed by atoms with van der Waals surface area (Å²) < 4.78 is 6.26. The lowest BCUT2D eigenvalue weighted by Crippen LogP contribution is -2.22. The first-order valence-electron chi connectivity index (χ1n) is 5.15.